The monoisotopic (exact) mass is 317 g/mol. The van der Waals surface area contributed by atoms with Gasteiger partial charge in [-0.25, -0.2) is 4.68 Å². The second kappa shape index (κ2) is 7.34. The number of likely N-dealkylation sites (tertiary alicyclic amines) is 1. The van der Waals surface area contributed by atoms with Crippen LogP contribution in [0.4, 0.5) is 0 Å². The average molecular weight is 317 g/mol. The minimum absolute atomic E-state index is 0.199. The molecule has 8 heteroatoms. The van der Waals surface area contributed by atoms with Crippen LogP contribution in [0.25, 0.3) is 0 Å². The van der Waals surface area contributed by atoms with E-state index in [1.165, 1.54) is 0 Å². The molecule has 0 radical (unpaired) electrons. The highest BCUT2D eigenvalue weighted by molar-refractivity contribution is 5.76. The molecule has 0 saturated carbocycles. The van der Waals surface area contributed by atoms with E-state index in [1.54, 1.807) is 4.68 Å². The lowest BCUT2D eigenvalue weighted by molar-refractivity contribution is -0.132. The minimum Gasteiger partial charge on any atom is -0.343 e. The summed E-state index contributed by atoms with van der Waals surface area (Å²) in [6.07, 6.45) is 7.57. The molecule has 1 saturated heterocycles. The molecule has 2 aromatic heterocycles. The zero-order valence-electron chi connectivity index (χ0n) is 13.5. The first-order chi connectivity index (χ1) is 11.2. The van der Waals surface area contributed by atoms with Gasteiger partial charge in [0, 0.05) is 38.4 Å². The van der Waals surface area contributed by atoms with E-state index >= 15 is 0 Å². The number of hydrogen-bond donors (Lipinski definition) is 0. The van der Waals surface area contributed by atoms with Crippen molar-refractivity contribution in [2.24, 2.45) is 5.92 Å². The van der Waals surface area contributed by atoms with Crippen LogP contribution in [-0.4, -0.2) is 53.9 Å². The van der Waals surface area contributed by atoms with Gasteiger partial charge in [-0.05, 0) is 48.6 Å². The van der Waals surface area contributed by atoms with E-state index in [-0.39, 0.29) is 5.91 Å². The highest BCUT2D eigenvalue weighted by Gasteiger charge is 2.22. The molecule has 0 atom stereocenters. The first kappa shape index (κ1) is 15.6. The van der Waals surface area contributed by atoms with Crippen LogP contribution in [-0.2, 0) is 17.9 Å². The number of carbonyl (C=O) groups is 1. The van der Waals surface area contributed by atoms with Gasteiger partial charge < -0.3 is 4.90 Å². The highest BCUT2D eigenvalue weighted by atomic mass is 16.2. The molecule has 2 aromatic rings. The summed E-state index contributed by atoms with van der Waals surface area (Å²) in [5.41, 5.74) is 0. The lowest BCUT2D eigenvalue weighted by Crippen LogP contribution is -2.39. The first-order valence-corrected chi connectivity index (χ1v) is 8.20. The Morgan fingerprint density at radius 2 is 2.13 bits per heavy atom. The van der Waals surface area contributed by atoms with Gasteiger partial charge in [-0.2, -0.15) is 5.10 Å². The number of nitrogens with zero attached hydrogens (tertiary/aromatic N) is 7. The number of amides is 1. The molecule has 3 heterocycles. The Labute approximate surface area is 135 Å². The number of rotatable bonds is 6. The topological polar surface area (TPSA) is 81.7 Å². The number of tetrazole rings is 1. The molecule has 1 aliphatic rings. The quantitative estimate of drug-likeness (QED) is 0.790. The van der Waals surface area contributed by atoms with Crippen LogP contribution < -0.4 is 0 Å². The van der Waals surface area contributed by atoms with Crippen LogP contribution in [0.3, 0.4) is 0 Å². The van der Waals surface area contributed by atoms with Crippen LogP contribution in [0.5, 0.6) is 0 Å². The van der Waals surface area contributed by atoms with Crippen molar-refractivity contribution in [2.45, 2.75) is 45.7 Å². The standard InChI is InChI=1S/C15H23N7O/c1-13-17-18-19-22(13)12-6-15(23)20-9-3-14(4-10-20)5-11-21-8-2-7-16-21/h2,7-8,14H,3-6,9-12H2,1H3. The third kappa shape index (κ3) is 4.14. The largest absolute Gasteiger partial charge is 0.343 e. The highest BCUT2D eigenvalue weighted by Crippen LogP contribution is 2.21. The maximum absolute atomic E-state index is 12.3. The summed E-state index contributed by atoms with van der Waals surface area (Å²) in [6, 6.07) is 1.95. The molecule has 8 nitrogen and oxygen atoms in total. The third-order valence-corrected chi connectivity index (χ3v) is 4.54. The second-order valence-corrected chi connectivity index (χ2v) is 6.08. The van der Waals surface area contributed by atoms with Gasteiger partial charge in [0.15, 0.2) is 0 Å². The zero-order chi connectivity index (χ0) is 16.1. The Hall–Kier alpha value is -2.25. The van der Waals surface area contributed by atoms with Crippen molar-refractivity contribution in [1.29, 1.82) is 0 Å². The zero-order valence-corrected chi connectivity index (χ0v) is 13.5. The van der Waals surface area contributed by atoms with E-state index in [0.717, 1.165) is 44.7 Å². The summed E-state index contributed by atoms with van der Waals surface area (Å²) in [5.74, 6) is 1.63. The van der Waals surface area contributed by atoms with Crippen molar-refractivity contribution < 1.29 is 4.79 Å². The smallest absolute Gasteiger partial charge is 0.224 e. The van der Waals surface area contributed by atoms with Crippen LogP contribution in [0, 0.1) is 12.8 Å². The lowest BCUT2D eigenvalue weighted by Gasteiger charge is -2.32. The van der Waals surface area contributed by atoms with Crippen LogP contribution in [0.1, 0.15) is 31.5 Å². The molecule has 1 aliphatic heterocycles. The van der Waals surface area contributed by atoms with Crippen LogP contribution in [0.15, 0.2) is 18.5 Å². The lowest BCUT2D eigenvalue weighted by atomic mass is 9.93. The molecule has 0 spiro atoms. The molecule has 124 valence electrons. The van der Waals surface area contributed by atoms with E-state index in [2.05, 4.69) is 20.6 Å². The van der Waals surface area contributed by atoms with Gasteiger partial charge in [0.1, 0.15) is 5.82 Å². The number of hydrogen-bond acceptors (Lipinski definition) is 5. The molecule has 1 fully saturated rings. The molecule has 23 heavy (non-hydrogen) atoms. The molecule has 0 aliphatic carbocycles. The van der Waals surface area contributed by atoms with Gasteiger partial charge in [-0.1, -0.05) is 0 Å². The van der Waals surface area contributed by atoms with E-state index in [4.69, 9.17) is 0 Å². The maximum atomic E-state index is 12.3. The number of aryl methyl sites for hydroxylation is 3. The minimum atomic E-state index is 0.199. The molecule has 3 rings (SSSR count). The fourth-order valence-corrected chi connectivity index (χ4v) is 3.03. The maximum Gasteiger partial charge on any atom is 0.224 e. The van der Waals surface area contributed by atoms with Crippen molar-refractivity contribution >= 4 is 5.91 Å². The molecular weight excluding hydrogens is 294 g/mol. The van der Waals surface area contributed by atoms with Gasteiger partial charge in [-0.3, -0.25) is 9.48 Å². The molecule has 0 unspecified atom stereocenters. The Balaban J connectivity index is 1.38. The SMILES string of the molecule is Cc1nnnn1CCC(=O)N1CCC(CCn2cccn2)CC1. The Kier molecular flexibility index (Phi) is 4.99. The molecule has 1 amide bonds. The van der Waals surface area contributed by atoms with Crippen molar-refractivity contribution in [3.05, 3.63) is 24.3 Å². The number of aromatic nitrogens is 6. The van der Waals surface area contributed by atoms with Gasteiger partial charge >= 0.3 is 0 Å². The predicted octanol–water partition coefficient (Wildman–Crippen LogP) is 0.897. The summed E-state index contributed by atoms with van der Waals surface area (Å²) < 4.78 is 3.65. The van der Waals surface area contributed by atoms with E-state index < -0.39 is 0 Å². The normalized spacial score (nSPS) is 16.0. The van der Waals surface area contributed by atoms with Crippen molar-refractivity contribution in [3.8, 4) is 0 Å². The van der Waals surface area contributed by atoms with E-state index in [1.807, 2.05) is 35.0 Å². The van der Waals surface area contributed by atoms with E-state index in [0.29, 0.717) is 18.9 Å². The Bertz CT molecular complexity index is 614. The number of piperidine rings is 1. The molecule has 0 aromatic carbocycles. The Morgan fingerprint density at radius 1 is 1.30 bits per heavy atom. The summed E-state index contributed by atoms with van der Waals surface area (Å²) in [6.45, 7) is 5.07. The number of carbonyl (C=O) groups excluding carboxylic acids is 1. The molecular formula is C15H23N7O. The van der Waals surface area contributed by atoms with Gasteiger partial charge in [-0.15, -0.1) is 5.10 Å². The van der Waals surface area contributed by atoms with Crippen LogP contribution >= 0.6 is 0 Å². The summed E-state index contributed by atoms with van der Waals surface area (Å²) in [4.78, 5) is 14.3. The van der Waals surface area contributed by atoms with Crippen molar-refractivity contribution in [1.82, 2.24) is 34.9 Å². The fourth-order valence-electron chi connectivity index (χ4n) is 3.03. The Morgan fingerprint density at radius 3 is 2.78 bits per heavy atom. The van der Waals surface area contributed by atoms with Crippen molar-refractivity contribution in [2.75, 3.05) is 13.1 Å². The third-order valence-electron chi connectivity index (χ3n) is 4.54. The fraction of sp³-hybridized carbons (Fsp3) is 0.667. The molecule has 0 bridgehead atoms. The van der Waals surface area contributed by atoms with Crippen molar-refractivity contribution in [3.63, 3.8) is 0 Å². The van der Waals surface area contributed by atoms with Gasteiger partial charge in [0.25, 0.3) is 0 Å². The van der Waals surface area contributed by atoms with Crippen LogP contribution in [0.2, 0.25) is 0 Å². The summed E-state index contributed by atoms with van der Waals surface area (Å²) in [7, 11) is 0. The molecule has 0 N–H and O–H groups in total. The predicted molar refractivity (Wildman–Crippen MR) is 83.3 cm³/mol. The van der Waals surface area contributed by atoms with E-state index in [9.17, 15) is 4.79 Å². The second-order valence-electron chi connectivity index (χ2n) is 6.08. The van der Waals surface area contributed by atoms with Gasteiger partial charge in [0.05, 0.1) is 6.54 Å². The average Bonchev–Trinajstić information content (AvgIpc) is 3.23. The van der Waals surface area contributed by atoms with Gasteiger partial charge in [0.2, 0.25) is 5.91 Å². The summed E-state index contributed by atoms with van der Waals surface area (Å²) >= 11 is 0. The first-order valence-electron chi connectivity index (χ1n) is 8.20. The summed E-state index contributed by atoms with van der Waals surface area (Å²) in [5, 5.41) is 15.5.